The Labute approximate surface area is 169 Å². The molecular formula is C24H33N3O. The summed E-state index contributed by atoms with van der Waals surface area (Å²) in [4.78, 5) is 19.6. The van der Waals surface area contributed by atoms with Gasteiger partial charge in [0.2, 0.25) is 5.91 Å². The van der Waals surface area contributed by atoms with E-state index in [0.29, 0.717) is 13.0 Å². The molecule has 1 saturated heterocycles. The summed E-state index contributed by atoms with van der Waals surface area (Å²) < 4.78 is 0. The van der Waals surface area contributed by atoms with Crippen molar-refractivity contribution in [2.45, 2.75) is 34.1 Å². The topological polar surface area (TPSA) is 26.8 Å². The molecule has 0 bridgehead atoms. The molecule has 28 heavy (non-hydrogen) atoms. The van der Waals surface area contributed by atoms with Crippen LogP contribution in [0.5, 0.6) is 0 Å². The fourth-order valence-electron chi connectivity index (χ4n) is 3.98. The quantitative estimate of drug-likeness (QED) is 0.753. The highest BCUT2D eigenvalue weighted by Crippen LogP contribution is 2.24. The normalized spacial score (nSPS) is 14.9. The predicted molar refractivity (Wildman–Crippen MR) is 118 cm³/mol. The molecule has 1 amide bonds. The lowest BCUT2D eigenvalue weighted by Gasteiger charge is -2.37. The average molecular weight is 380 g/mol. The van der Waals surface area contributed by atoms with Crippen molar-refractivity contribution in [2.24, 2.45) is 0 Å². The second-order valence-corrected chi connectivity index (χ2v) is 7.77. The number of carbonyl (C=O) groups is 1. The number of benzene rings is 2. The molecule has 1 heterocycles. The fraction of sp³-hybridized carbons (Fsp3) is 0.458. The Hall–Kier alpha value is -2.33. The molecule has 0 spiro atoms. The number of amides is 1. The van der Waals surface area contributed by atoms with Gasteiger partial charge in [-0.15, -0.1) is 0 Å². The minimum atomic E-state index is 0.213. The van der Waals surface area contributed by atoms with Crippen LogP contribution >= 0.6 is 0 Å². The molecule has 1 fully saturated rings. The van der Waals surface area contributed by atoms with Crippen molar-refractivity contribution in [1.29, 1.82) is 0 Å². The van der Waals surface area contributed by atoms with Crippen molar-refractivity contribution in [3.63, 3.8) is 0 Å². The third kappa shape index (κ3) is 4.74. The molecule has 2 aromatic rings. The van der Waals surface area contributed by atoms with E-state index in [-0.39, 0.29) is 5.91 Å². The van der Waals surface area contributed by atoms with Crippen LogP contribution in [0.3, 0.4) is 0 Å². The van der Waals surface area contributed by atoms with Crippen LogP contribution in [0.2, 0.25) is 0 Å². The van der Waals surface area contributed by atoms with Gasteiger partial charge in [-0.3, -0.25) is 9.69 Å². The molecule has 150 valence electrons. The van der Waals surface area contributed by atoms with Crippen LogP contribution in [0, 0.1) is 20.8 Å². The molecule has 1 aliphatic heterocycles. The minimum absolute atomic E-state index is 0.213. The highest BCUT2D eigenvalue weighted by molar-refractivity contribution is 5.93. The number of nitrogens with zero attached hydrogens (tertiary/aromatic N) is 3. The van der Waals surface area contributed by atoms with Gasteiger partial charge in [0.1, 0.15) is 0 Å². The lowest BCUT2D eigenvalue weighted by molar-refractivity contribution is -0.118. The van der Waals surface area contributed by atoms with Crippen molar-refractivity contribution in [3.05, 3.63) is 59.2 Å². The third-order valence-corrected chi connectivity index (χ3v) is 5.86. The monoisotopic (exact) mass is 379 g/mol. The van der Waals surface area contributed by atoms with Crippen molar-refractivity contribution in [3.8, 4) is 0 Å². The summed E-state index contributed by atoms with van der Waals surface area (Å²) in [5, 5.41) is 0. The molecule has 0 saturated carbocycles. The molecule has 0 atom stereocenters. The van der Waals surface area contributed by atoms with Gasteiger partial charge in [0.25, 0.3) is 0 Å². The van der Waals surface area contributed by atoms with E-state index in [1.54, 1.807) is 0 Å². The maximum Gasteiger partial charge on any atom is 0.228 e. The van der Waals surface area contributed by atoms with Crippen molar-refractivity contribution >= 4 is 17.3 Å². The van der Waals surface area contributed by atoms with E-state index >= 15 is 0 Å². The fourth-order valence-corrected chi connectivity index (χ4v) is 3.98. The highest BCUT2D eigenvalue weighted by atomic mass is 16.2. The number of carbonyl (C=O) groups excluding carboxylic acids is 1. The first-order chi connectivity index (χ1) is 13.5. The molecule has 0 N–H and O–H groups in total. The second kappa shape index (κ2) is 9.24. The van der Waals surface area contributed by atoms with Crippen LogP contribution in [-0.2, 0) is 4.79 Å². The molecule has 4 nitrogen and oxygen atoms in total. The Morgan fingerprint density at radius 3 is 2.39 bits per heavy atom. The number of anilines is 2. The zero-order chi connectivity index (χ0) is 20.1. The lowest BCUT2D eigenvalue weighted by atomic mass is 10.1. The molecular weight excluding hydrogens is 346 g/mol. The zero-order valence-corrected chi connectivity index (χ0v) is 17.7. The maximum atomic E-state index is 12.8. The summed E-state index contributed by atoms with van der Waals surface area (Å²) in [5.74, 6) is 0.213. The van der Waals surface area contributed by atoms with Gasteiger partial charge in [0.05, 0.1) is 0 Å². The average Bonchev–Trinajstić information content (AvgIpc) is 2.70. The molecule has 4 heteroatoms. The van der Waals surface area contributed by atoms with E-state index < -0.39 is 0 Å². The third-order valence-electron chi connectivity index (χ3n) is 5.86. The zero-order valence-electron chi connectivity index (χ0n) is 17.7. The Balaban J connectivity index is 1.52. The molecule has 0 radical (unpaired) electrons. The standard InChI is InChI=1S/C24H33N3O/c1-5-27(22-10-6-8-19(2)18-22)24(28)12-13-25-14-16-26(17-15-25)23-11-7-9-20(3)21(23)4/h6-11,18H,5,12-17H2,1-4H3. The molecule has 2 aromatic carbocycles. The van der Waals surface area contributed by atoms with Crippen molar-refractivity contribution in [2.75, 3.05) is 49.1 Å². The number of piperazine rings is 1. The van der Waals surface area contributed by atoms with Gasteiger partial charge in [-0.2, -0.15) is 0 Å². The van der Waals surface area contributed by atoms with E-state index in [2.05, 4.69) is 60.9 Å². The van der Waals surface area contributed by atoms with Crippen LogP contribution < -0.4 is 9.80 Å². The van der Waals surface area contributed by atoms with E-state index in [0.717, 1.165) is 38.4 Å². The SMILES string of the molecule is CCN(C(=O)CCN1CCN(c2cccc(C)c2C)CC1)c1cccc(C)c1. The number of hydrogen-bond acceptors (Lipinski definition) is 3. The van der Waals surface area contributed by atoms with Gasteiger partial charge in [-0.1, -0.05) is 24.3 Å². The Kier molecular flexibility index (Phi) is 6.74. The summed E-state index contributed by atoms with van der Waals surface area (Å²) >= 11 is 0. The largest absolute Gasteiger partial charge is 0.369 e. The number of aryl methyl sites for hydroxylation is 2. The second-order valence-electron chi connectivity index (χ2n) is 7.77. The van der Waals surface area contributed by atoms with E-state index in [1.807, 2.05) is 24.0 Å². The first-order valence-electron chi connectivity index (χ1n) is 10.4. The summed E-state index contributed by atoms with van der Waals surface area (Å²) in [5.41, 5.74) is 6.27. The van der Waals surface area contributed by atoms with Gasteiger partial charge in [-0.25, -0.2) is 0 Å². The lowest BCUT2D eigenvalue weighted by Crippen LogP contribution is -2.47. The smallest absolute Gasteiger partial charge is 0.228 e. The van der Waals surface area contributed by atoms with Crippen LogP contribution in [-0.4, -0.2) is 50.1 Å². The van der Waals surface area contributed by atoms with E-state index in [4.69, 9.17) is 0 Å². The van der Waals surface area contributed by atoms with Crippen LogP contribution in [0.25, 0.3) is 0 Å². The minimum Gasteiger partial charge on any atom is -0.369 e. The van der Waals surface area contributed by atoms with Gasteiger partial charge < -0.3 is 9.80 Å². The molecule has 3 rings (SSSR count). The van der Waals surface area contributed by atoms with Gasteiger partial charge >= 0.3 is 0 Å². The summed E-state index contributed by atoms with van der Waals surface area (Å²) in [6, 6.07) is 14.7. The van der Waals surface area contributed by atoms with Gasteiger partial charge in [-0.05, 0) is 62.6 Å². The van der Waals surface area contributed by atoms with Crippen molar-refractivity contribution in [1.82, 2.24) is 4.90 Å². The Morgan fingerprint density at radius 2 is 1.71 bits per heavy atom. The molecule has 0 aromatic heterocycles. The first-order valence-corrected chi connectivity index (χ1v) is 10.4. The van der Waals surface area contributed by atoms with Gasteiger partial charge in [0, 0.05) is 57.1 Å². The van der Waals surface area contributed by atoms with E-state index in [9.17, 15) is 4.79 Å². The van der Waals surface area contributed by atoms with Crippen LogP contribution in [0.1, 0.15) is 30.0 Å². The maximum absolute atomic E-state index is 12.8. The number of hydrogen-bond donors (Lipinski definition) is 0. The predicted octanol–water partition coefficient (Wildman–Crippen LogP) is 4.18. The molecule has 1 aliphatic rings. The van der Waals surface area contributed by atoms with Crippen LogP contribution in [0.15, 0.2) is 42.5 Å². The van der Waals surface area contributed by atoms with E-state index in [1.165, 1.54) is 22.4 Å². The summed E-state index contributed by atoms with van der Waals surface area (Å²) in [6.45, 7) is 14.1. The van der Waals surface area contributed by atoms with Gasteiger partial charge in [0.15, 0.2) is 0 Å². The summed E-state index contributed by atoms with van der Waals surface area (Å²) in [6.07, 6.45) is 0.575. The summed E-state index contributed by atoms with van der Waals surface area (Å²) in [7, 11) is 0. The Morgan fingerprint density at radius 1 is 1.00 bits per heavy atom. The van der Waals surface area contributed by atoms with Crippen LogP contribution in [0.4, 0.5) is 11.4 Å². The molecule has 0 aliphatic carbocycles. The molecule has 0 unspecified atom stereocenters. The number of rotatable bonds is 6. The highest BCUT2D eigenvalue weighted by Gasteiger charge is 2.21. The Bertz CT molecular complexity index is 809. The van der Waals surface area contributed by atoms with Crippen molar-refractivity contribution < 1.29 is 4.79 Å². The first kappa shape index (κ1) is 20.4.